The maximum atomic E-state index is 10.7. The van der Waals surface area contributed by atoms with Crippen LogP contribution in [-0.2, 0) is 10.2 Å². The molecule has 0 spiro atoms. The monoisotopic (exact) mass is 209 g/mol. The van der Waals surface area contributed by atoms with Gasteiger partial charge in [0.25, 0.3) is 0 Å². The molecule has 1 rings (SSSR count). The molecule has 0 saturated carbocycles. The predicted octanol–water partition coefficient (Wildman–Crippen LogP) is 1.84. The summed E-state index contributed by atoms with van der Waals surface area (Å²) in [5.41, 5.74) is 0.295. The molecule has 0 aliphatic rings. The van der Waals surface area contributed by atoms with Crippen molar-refractivity contribution in [2.24, 2.45) is 0 Å². The van der Waals surface area contributed by atoms with Gasteiger partial charge in [-0.1, -0.05) is 13.8 Å². The topological polar surface area (TPSA) is 59.4 Å². The van der Waals surface area contributed by atoms with Gasteiger partial charge in [-0.25, -0.2) is 0 Å². The molecule has 0 fully saturated rings. The van der Waals surface area contributed by atoms with Crippen molar-refractivity contribution in [1.29, 1.82) is 0 Å². The summed E-state index contributed by atoms with van der Waals surface area (Å²) >= 11 is 0. The van der Waals surface area contributed by atoms with Crippen molar-refractivity contribution < 1.29 is 14.6 Å². The first kappa shape index (κ1) is 11.5. The highest BCUT2D eigenvalue weighted by Gasteiger charge is 2.25. The minimum atomic E-state index is -0.822. The van der Waals surface area contributed by atoms with Gasteiger partial charge >= 0.3 is 5.97 Å². The molecule has 1 N–H and O–H groups in total. The van der Waals surface area contributed by atoms with Crippen molar-refractivity contribution in [2.75, 3.05) is 7.11 Å². The van der Waals surface area contributed by atoms with E-state index in [2.05, 4.69) is 4.98 Å². The van der Waals surface area contributed by atoms with E-state index in [1.54, 1.807) is 25.4 Å². The molecule has 0 saturated heterocycles. The quantitative estimate of drug-likeness (QED) is 0.822. The van der Waals surface area contributed by atoms with Crippen molar-refractivity contribution in [1.82, 2.24) is 4.98 Å². The Morgan fingerprint density at radius 1 is 1.53 bits per heavy atom. The number of methoxy groups -OCH3 is 1. The predicted molar refractivity (Wildman–Crippen MR) is 56.1 cm³/mol. The van der Waals surface area contributed by atoms with E-state index in [4.69, 9.17) is 9.84 Å². The van der Waals surface area contributed by atoms with Gasteiger partial charge in [-0.3, -0.25) is 9.78 Å². The van der Waals surface area contributed by atoms with E-state index < -0.39 is 11.4 Å². The van der Waals surface area contributed by atoms with Crippen LogP contribution in [0.2, 0.25) is 0 Å². The second-order valence-corrected chi connectivity index (χ2v) is 4.04. The average Bonchev–Trinajstić information content (AvgIpc) is 2.16. The van der Waals surface area contributed by atoms with Gasteiger partial charge < -0.3 is 9.84 Å². The van der Waals surface area contributed by atoms with E-state index in [1.807, 2.05) is 13.8 Å². The first-order valence-electron chi connectivity index (χ1n) is 4.68. The lowest BCUT2D eigenvalue weighted by atomic mass is 9.85. The number of aromatic nitrogens is 1. The second-order valence-electron chi connectivity index (χ2n) is 4.04. The third-order valence-electron chi connectivity index (χ3n) is 2.26. The van der Waals surface area contributed by atoms with Crippen LogP contribution in [0.3, 0.4) is 0 Å². The Morgan fingerprint density at radius 2 is 2.20 bits per heavy atom. The average molecular weight is 209 g/mol. The van der Waals surface area contributed by atoms with Crippen LogP contribution < -0.4 is 4.74 Å². The second kappa shape index (κ2) is 4.29. The molecule has 0 aliphatic heterocycles. The molecule has 0 amide bonds. The number of aliphatic carboxylic acids is 1. The van der Waals surface area contributed by atoms with Gasteiger partial charge in [0, 0.05) is 11.1 Å². The van der Waals surface area contributed by atoms with Gasteiger partial charge in [0.05, 0.1) is 19.7 Å². The highest BCUT2D eigenvalue weighted by atomic mass is 16.5. The first-order chi connectivity index (χ1) is 6.95. The summed E-state index contributed by atoms with van der Waals surface area (Å²) in [6.45, 7) is 3.71. The van der Waals surface area contributed by atoms with Crippen LogP contribution in [-0.4, -0.2) is 23.2 Å². The number of nitrogens with zero attached hydrogens (tertiary/aromatic N) is 1. The van der Waals surface area contributed by atoms with E-state index in [0.717, 1.165) is 5.69 Å². The van der Waals surface area contributed by atoms with Crippen LogP contribution in [0.1, 0.15) is 26.0 Å². The number of carbonyl (C=O) groups is 1. The van der Waals surface area contributed by atoms with Crippen molar-refractivity contribution in [3.8, 4) is 5.75 Å². The zero-order valence-electron chi connectivity index (χ0n) is 9.15. The maximum absolute atomic E-state index is 10.7. The standard InChI is InChI=1S/C11H15NO3/c1-11(2,6-10(13)14)9-5-4-8(15-3)7-12-9/h4-5,7H,6H2,1-3H3,(H,13,14). The van der Waals surface area contributed by atoms with Crippen LogP contribution in [0.4, 0.5) is 0 Å². The molecule has 0 aromatic carbocycles. The fourth-order valence-corrected chi connectivity index (χ4v) is 1.37. The summed E-state index contributed by atoms with van der Waals surface area (Å²) in [6, 6.07) is 3.58. The minimum absolute atomic E-state index is 0.0618. The van der Waals surface area contributed by atoms with E-state index in [1.165, 1.54) is 0 Å². The lowest BCUT2D eigenvalue weighted by Gasteiger charge is -2.21. The van der Waals surface area contributed by atoms with Crippen LogP contribution in [0.5, 0.6) is 5.75 Å². The van der Waals surface area contributed by atoms with Crippen molar-refractivity contribution in [3.05, 3.63) is 24.0 Å². The van der Waals surface area contributed by atoms with Crippen LogP contribution >= 0.6 is 0 Å². The molecule has 0 atom stereocenters. The smallest absolute Gasteiger partial charge is 0.304 e. The summed E-state index contributed by atoms with van der Waals surface area (Å²) in [4.78, 5) is 14.8. The Bertz CT molecular complexity index is 343. The summed E-state index contributed by atoms with van der Waals surface area (Å²) in [7, 11) is 1.57. The molecule has 0 unspecified atom stereocenters. The SMILES string of the molecule is COc1ccc(C(C)(C)CC(=O)O)nc1. The van der Waals surface area contributed by atoms with Crippen molar-refractivity contribution in [3.63, 3.8) is 0 Å². The number of carboxylic acid groups (broad SMARTS) is 1. The molecule has 4 heteroatoms. The van der Waals surface area contributed by atoms with Crippen molar-refractivity contribution >= 4 is 5.97 Å². The molecule has 0 radical (unpaired) electrons. The zero-order chi connectivity index (χ0) is 11.5. The normalized spacial score (nSPS) is 11.1. The largest absolute Gasteiger partial charge is 0.495 e. The number of rotatable bonds is 4. The molecule has 4 nitrogen and oxygen atoms in total. The van der Waals surface area contributed by atoms with Gasteiger partial charge in [-0.05, 0) is 12.1 Å². The van der Waals surface area contributed by atoms with E-state index in [0.29, 0.717) is 5.75 Å². The Hall–Kier alpha value is -1.58. The molecule has 1 aromatic rings. The number of carboxylic acids is 1. The molecule has 15 heavy (non-hydrogen) atoms. The molecule has 1 heterocycles. The van der Waals surface area contributed by atoms with Crippen molar-refractivity contribution in [2.45, 2.75) is 25.7 Å². The lowest BCUT2D eigenvalue weighted by Crippen LogP contribution is -2.22. The molecule has 82 valence electrons. The lowest BCUT2D eigenvalue weighted by molar-refractivity contribution is -0.138. The minimum Gasteiger partial charge on any atom is -0.495 e. The van der Waals surface area contributed by atoms with Crippen LogP contribution in [0, 0.1) is 0 Å². The fraction of sp³-hybridized carbons (Fsp3) is 0.455. The van der Waals surface area contributed by atoms with Crippen LogP contribution in [0.25, 0.3) is 0 Å². The summed E-state index contributed by atoms with van der Waals surface area (Å²) < 4.78 is 4.98. The van der Waals surface area contributed by atoms with Gasteiger partial charge in [0.15, 0.2) is 0 Å². The van der Waals surface area contributed by atoms with Crippen LogP contribution in [0.15, 0.2) is 18.3 Å². The molecule has 0 bridgehead atoms. The third-order valence-corrected chi connectivity index (χ3v) is 2.26. The number of hydrogen-bond donors (Lipinski definition) is 1. The Balaban J connectivity index is 2.89. The number of pyridine rings is 1. The first-order valence-corrected chi connectivity index (χ1v) is 4.68. The zero-order valence-corrected chi connectivity index (χ0v) is 9.15. The molecule has 1 aromatic heterocycles. The Morgan fingerprint density at radius 3 is 2.60 bits per heavy atom. The van der Waals surface area contributed by atoms with Gasteiger partial charge in [0.2, 0.25) is 0 Å². The van der Waals surface area contributed by atoms with E-state index in [-0.39, 0.29) is 6.42 Å². The Labute approximate surface area is 88.9 Å². The number of ether oxygens (including phenoxy) is 1. The highest BCUT2D eigenvalue weighted by Crippen LogP contribution is 2.26. The third kappa shape index (κ3) is 2.94. The molecular formula is C11H15NO3. The summed E-state index contributed by atoms with van der Waals surface area (Å²) in [5, 5.41) is 8.76. The van der Waals surface area contributed by atoms with Gasteiger partial charge in [0.1, 0.15) is 5.75 Å². The highest BCUT2D eigenvalue weighted by molar-refractivity contribution is 5.68. The number of hydrogen-bond acceptors (Lipinski definition) is 3. The van der Waals surface area contributed by atoms with E-state index in [9.17, 15) is 4.79 Å². The Kier molecular flexibility index (Phi) is 3.29. The fourth-order valence-electron chi connectivity index (χ4n) is 1.37. The summed E-state index contributed by atoms with van der Waals surface area (Å²) in [6.07, 6.45) is 1.66. The van der Waals surface area contributed by atoms with E-state index >= 15 is 0 Å². The molecular weight excluding hydrogens is 194 g/mol. The molecule has 0 aliphatic carbocycles. The maximum Gasteiger partial charge on any atom is 0.304 e. The van der Waals surface area contributed by atoms with Gasteiger partial charge in [-0.2, -0.15) is 0 Å². The summed E-state index contributed by atoms with van der Waals surface area (Å²) in [5.74, 6) is -0.150. The van der Waals surface area contributed by atoms with Gasteiger partial charge in [-0.15, -0.1) is 0 Å².